The number of piperidine rings is 1. The van der Waals surface area contributed by atoms with E-state index in [4.69, 9.17) is 9.47 Å². The van der Waals surface area contributed by atoms with Gasteiger partial charge in [0.2, 0.25) is 0 Å². The van der Waals surface area contributed by atoms with Crippen LogP contribution in [0, 0.1) is 5.82 Å². The van der Waals surface area contributed by atoms with Gasteiger partial charge in [-0.1, -0.05) is 42.5 Å². The van der Waals surface area contributed by atoms with Crippen molar-refractivity contribution < 1.29 is 28.2 Å². The molecule has 2 N–H and O–H groups in total. The van der Waals surface area contributed by atoms with Crippen LogP contribution in [0.15, 0.2) is 96.6 Å². The van der Waals surface area contributed by atoms with Crippen molar-refractivity contribution in [2.24, 2.45) is 0 Å². The molecule has 2 aliphatic rings. The summed E-state index contributed by atoms with van der Waals surface area (Å²) in [5.41, 5.74) is 3.84. The predicted octanol–water partition coefficient (Wildman–Crippen LogP) is 5.11. The van der Waals surface area contributed by atoms with E-state index in [9.17, 15) is 18.8 Å². The summed E-state index contributed by atoms with van der Waals surface area (Å²) in [6, 6.07) is 22.0. The highest BCUT2D eigenvalue weighted by Gasteiger charge is 2.35. The number of pyridine rings is 1. The summed E-state index contributed by atoms with van der Waals surface area (Å²) in [7, 11) is 0. The molecule has 1 fully saturated rings. The van der Waals surface area contributed by atoms with Gasteiger partial charge in [-0.25, -0.2) is 9.37 Å². The zero-order valence-corrected chi connectivity index (χ0v) is 26.4. The molecular weight excluding hydrogens is 633 g/mol. The minimum atomic E-state index is -0.655. The summed E-state index contributed by atoms with van der Waals surface area (Å²) in [5, 5.41) is 8.00. The van der Waals surface area contributed by atoms with Gasteiger partial charge in [-0.2, -0.15) is 0 Å². The Morgan fingerprint density at radius 3 is 2.62 bits per heavy atom. The lowest BCUT2D eigenvalue weighted by Gasteiger charge is -2.38. The Hall–Kier alpha value is -5.62. The second-order valence-electron chi connectivity index (χ2n) is 11.5. The first-order chi connectivity index (χ1) is 23.4. The fraction of sp³-hybridized carbons (Fsp3) is 0.194. The average molecular weight is 664 g/mol. The lowest BCUT2D eigenvalue weighted by Crippen LogP contribution is -2.58. The Bertz CT molecular complexity index is 1990. The molecule has 0 aliphatic carbocycles. The number of nitrogens with zero attached hydrogens (tertiary/aromatic N) is 3. The summed E-state index contributed by atoms with van der Waals surface area (Å²) < 4.78 is 26.7. The number of carbonyl (C=O) groups is 3. The second-order valence-corrected chi connectivity index (χ2v) is 12.4. The quantitative estimate of drug-likeness (QED) is 0.269. The number of aromatic nitrogens is 2. The largest absolute Gasteiger partial charge is 0.488 e. The van der Waals surface area contributed by atoms with Crippen LogP contribution in [-0.2, 0) is 11.3 Å². The van der Waals surface area contributed by atoms with Gasteiger partial charge >= 0.3 is 0 Å². The van der Waals surface area contributed by atoms with E-state index in [-0.39, 0.29) is 37.3 Å². The van der Waals surface area contributed by atoms with Gasteiger partial charge in [-0.05, 0) is 41.5 Å². The van der Waals surface area contributed by atoms with Crippen molar-refractivity contribution in [2.75, 3.05) is 19.7 Å². The second kappa shape index (κ2) is 13.6. The molecule has 242 valence electrons. The zero-order valence-electron chi connectivity index (χ0n) is 25.6. The van der Waals surface area contributed by atoms with Crippen molar-refractivity contribution in [3.8, 4) is 33.9 Å². The van der Waals surface area contributed by atoms with E-state index in [0.29, 0.717) is 46.1 Å². The van der Waals surface area contributed by atoms with Gasteiger partial charge in [0.05, 0.1) is 17.3 Å². The Morgan fingerprint density at radius 2 is 1.75 bits per heavy atom. The molecule has 10 nitrogen and oxygen atoms in total. The molecule has 2 aliphatic heterocycles. The van der Waals surface area contributed by atoms with Gasteiger partial charge in [0.15, 0.2) is 11.6 Å². The highest BCUT2D eigenvalue weighted by Crippen LogP contribution is 2.28. The van der Waals surface area contributed by atoms with Crippen molar-refractivity contribution in [2.45, 2.75) is 25.1 Å². The maximum absolute atomic E-state index is 14.7. The predicted molar refractivity (Wildman–Crippen MR) is 177 cm³/mol. The molecular formula is C36H30FN5O5S. The van der Waals surface area contributed by atoms with Crippen LogP contribution in [-0.4, -0.2) is 64.4 Å². The first kappa shape index (κ1) is 31.0. The monoisotopic (exact) mass is 663 g/mol. The van der Waals surface area contributed by atoms with Gasteiger partial charge in [0, 0.05) is 61.0 Å². The number of likely N-dealkylation sites (tertiary alicyclic amines) is 1. The maximum atomic E-state index is 14.7. The molecule has 48 heavy (non-hydrogen) atoms. The highest BCUT2D eigenvalue weighted by molar-refractivity contribution is 7.12. The third-order valence-electron chi connectivity index (χ3n) is 8.16. The first-order valence-corrected chi connectivity index (χ1v) is 16.3. The first-order valence-electron chi connectivity index (χ1n) is 15.4. The fourth-order valence-electron chi connectivity index (χ4n) is 5.75. The molecule has 7 rings (SSSR count). The Labute approximate surface area is 279 Å². The molecule has 2 atom stereocenters. The van der Waals surface area contributed by atoms with Crippen molar-refractivity contribution >= 4 is 29.1 Å². The number of amides is 3. The lowest BCUT2D eigenvalue weighted by atomic mass is 10.0. The number of nitrogens with one attached hydrogen (secondary N) is 2. The van der Waals surface area contributed by atoms with Crippen LogP contribution in [0.2, 0.25) is 0 Å². The van der Waals surface area contributed by atoms with Crippen LogP contribution >= 0.6 is 11.3 Å². The normalized spacial score (nSPS) is 18.1. The highest BCUT2D eigenvalue weighted by atomic mass is 32.1. The van der Waals surface area contributed by atoms with E-state index in [1.165, 1.54) is 29.7 Å². The summed E-state index contributed by atoms with van der Waals surface area (Å²) in [6.07, 6.45) is 2.87. The van der Waals surface area contributed by atoms with Crippen molar-refractivity contribution in [3.05, 3.63) is 119 Å². The minimum absolute atomic E-state index is 0.0553. The van der Waals surface area contributed by atoms with Gasteiger partial charge in [-0.15, -0.1) is 11.3 Å². The lowest BCUT2D eigenvalue weighted by molar-refractivity contribution is -0.123. The summed E-state index contributed by atoms with van der Waals surface area (Å²) >= 11 is 1.27. The average Bonchev–Trinajstić information content (AvgIpc) is 3.61. The van der Waals surface area contributed by atoms with E-state index in [0.717, 1.165) is 11.1 Å². The van der Waals surface area contributed by atoms with Crippen LogP contribution < -0.4 is 20.1 Å². The van der Waals surface area contributed by atoms with Crippen molar-refractivity contribution in [1.29, 1.82) is 0 Å². The number of hydrogen-bond acceptors (Lipinski definition) is 8. The van der Waals surface area contributed by atoms with Crippen LogP contribution in [0.1, 0.15) is 32.1 Å². The number of halogens is 1. The van der Waals surface area contributed by atoms with Gasteiger partial charge in [0.25, 0.3) is 17.7 Å². The molecule has 3 aromatic carbocycles. The van der Waals surface area contributed by atoms with E-state index in [2.05, 4.69) is 20.6 Å². The Morgan fingerprint density at radius 1 is 0.917 bits per heavy atom. The van der Waals surface area contributed by atoms with Crippen LogP contribution in [0.5, 0.6) is 11.5 Å². The molecule has 3 amide bonds. The molecule has 1 saturated heterocycles. The van der Waals surface area contributed by atoms with Gasteiger partial charge in [-0.3, -0.25) is 19.4 Å². The maximum Gasteiger partial charge on any atom is 0.282 e. The van der Waals surface area contributed by atoms with E-state index in [1.807, 2.05) is 41.8 Å². The standard InChI is InChI=1S/C36H30FN5O5S/c37-27-11-22-12-29(15-27)47-32-9-10-42(36(45)35-41-31(21-48-35)23-5-2-1-3-6-23)19-30(32)40-34(44)26-13-25(17-38-18-26)24-7-4-8-28(14-24)46-20-33(43)39-16-22/h1-8,11-15,17-18,21,30,32H,9-10,16,19-20H2,(H,39,43)(H,40,44)/t30-,32+/m1/s1. The molecule has 0 radical (unpaired) electrons. The number of rotatable bonds is 2. The molecule has 4 heterocycles. The molecule has 0 spiro atoms. The number of carbonyl (C=O) groups excluding carboxylic acids is 3. The van der Waals surface area contributed by atoms with Crippen molar-refractivity contribution in [1.82, 2.24) is 25.5 Å². The molecule has 0 saturated carbocycles. The van der Waals surface area contributed by atoms with E-state index < -0.39 is 23.9 Å². The van der Waals surface area contributed by atoms with Crippen LogP contribution in [0.4, 0.5) is 4.39 Å². The summed E-state index contributed by atoms with van der Waals surface area (Å²) in [4.78, 5) is 50.5. The minimum Gasteiger partial charge on any atom is -0.488 e. The summed E-state index contributed by atoms with van der Waals surface area (Å²) in [5.74, 6) is -0.869. The number of thiazole rings is 1. The van der Waals surface area contributed by atoms with Gasteiger partial charge in [0.1, 0.15) is 23.4 Å². The number of hydrogen-bond donors (Lipinski definition) is 2. The molecule has 6 bridgehead atoms. The third-order valence-corrected chi connectivity index (χ3v) is 8.99. The molecule has 0 unspecified atom stereocenters. The zero-order chi connectivity index (χ0) is 33.0. The fourth-order valence-corrected chi connectivity index (χ4v) is 6.54. The molecule has 12 heteroatoms. The topological polar surface area (TPSA) is 123 Å². The van der Waals surface area contributed by atoms with Crippen LogP contribution in [0.3, 0.4) is 0 Å². The molecule has 2 aromatic heterocycles. The van der Waals surface area contributed by atoms with Crippen molar-refractivity contribution in [3.63, 3.8) is 0 Å². The van der Waals surface area contributed by atoms with E-state index >= 15 is 0 Å². The number of benzene rings is 3. The number of fused-ring (bicyclic) bond motifs is 8. The Kier molecular flexibility index (Phi) is 8.80. The smallest absolute Gasteiger partial charge is 0.282 e. The number of ether oxygens (including phenoxy) is 2. The molecule has 5 aromatic rings. The van der Waals surface area contributed by atoms with E-state index in [1.54, 1.807) is 41.4 Å². The summed E-state index contributed by atoms with van der Waals surface area (Å²) in [6.45, 7) is 0.290. The van der Waals surface area contributed by atoms with Crippen LogP contribution in [0.25, 0.3) is 22.4 Å². The Balaban J connectivity index is 1.19. The van der Waals surface area contributed by atoms with Gasteiger partial charge < -0.3 is 25.0 Å². The third kappa shape index (κ3) is 7.03. The SMILES string of the molecule is O=C1COc2cccc(c2)-c2cncc(c2)C(=O)N[C@@H]2CN(C(=O)c3nc(-c4ccccc4)cs3)CC[C@@H]2Oc2cc(F)cc(c2)CN1.